The third-order valence-corrected chi connectivity index (χ3v) is 3.60. The summed E-state index contributed by atoms with van der Waals surface area (Å²) in [5, 5.41) is 37.8. The molecule has 0 spiro atoms. The highest BCUT2D eigenvalue weighted by Crippen LogP contribution is 2.10. The van der Waals surface area contributed by atoms with Gasteiger partial charge in [0.25, 0.3) is 0 Å². The molecule has 0 bridgehead atoms. The van der Waals surface area contributed by atoms with Crippen LogP contribution in [0.5, 0.6) is 0 Å². The van der Waals surface area contributed by atoms with Crippen molar-refractivity contribution in [3.05, 3.63) is 24.3 Å². The zero-order valence-electron chi connectivity index (χ0n) is 14.1. The Balaban J connectivity index is 3.72. The van der Waals surface area contributed by atoms with E-state index in [2.05, 4.69) is 0 Å². The van der Waals surface area contributed by atoms with Crippen molar-refractivity contribution in [3.8, 4) is 0 Å². The van der Waals surface area contributed by atoms with Gasteiger partial charge in [0.1, 0.15) is 0 Å². The molecule has 5 heteroatoms. The number of rotatable bonds is 14. The minimum Gasteiger partial charge on any atom is -0.481 e. The fourth-order valence-corrected chi connectivity index (χ4v) is 2.17. The van der Waals surface area contributed by atoms with Crippen LogP contribution >= 0.6 is 0 Å². The third-order valence-electron chi connectivity index (χ3n) is 3.60. The topological polar surface area (TPSA) is 98.0 Å². The van der Waals surface area contributed by atoms with E-state index >= 15 is 0 Å². The van der Waals surface area contributed by atoms with Crippen molar-refractivity contribution < 1.29 is 25.2 Å². The predicted octanol–water partition coefficient (Wildman–Crippen LogP) is 2.80. The molecule has 0 rings (SSSR count). The highest BCUT2D eigenvalue weighted by atomic mass is 16.4. The second kappa shape index (κ2) is 14.4. The van der Waals surface area contributed by atoms with Gasteiger partial charge >= 0.3 is 5.97 Å². The van der Waals surface area contributed by atoms with Gasteiger partial charge in [0.2, 0.25) is 0 Å². The summed E-state index contributed by atoms with van der Waals surface area (Å²) in [5.41, 5.74) is 0. The zero-order valence-corrected chi connectivity index (χ0v) is 14.1. The zero-order chi connectivity index (χ0) is 17.5. The number of unbranched alkanes of at least 4 members (excludes halogenated alkanes) is 4. The number of hydrogen-bond donors (Lipinski definition) is 4. The number of carboxylic acids is 1. The average Bonchev–Trinajstić information content (AvgIpc) is 2.51. The maximum absolute atomic E-state index is 10.3. The summed E-state index contributed by atoms with van der Waals surface area (Å²) in [5.74, 6) is -0.753. The molecule has 5 nitrogen and oxygen atoms in total. The first kappa shape index (κ1) is 21.8. The number of carboxylic acid groups (broad SMARTS) is 1. The van der Waals surface area contributed by atoms with Crippen LogP contribution in [0.4, 0.5) is 0 Å². The van der Waals surface area contributed by atoms with E-state index in [1.807, 2.05) is 19.1 Å². The first-order valence-corrected chi connectivity index (χ1v) is 8.56. The van der Waals surface area contributed by atoms with Crippen LogP contribution in [0.25, 0.3) is 0 Å². The largest absolute Gasteiger partial charge is 0.481 e. The fourth-order valence-electron chi connectivity index (χ4n) is 2.17. The van der Waals surface area contributed by atoms with E-state index in [-0.39, 0.29) is 6.42 Å². The van der Waals surface area contributed by atoms with Gasteiger partial charge in [-0.3, -0.25) is 4.79 Å². The van der Waals surface area contributed by atoms with E-state index in [4.69, 9.17) is 5.11 Å². The molecule has 0 amide bonds. The first-order chi connectivity index (χ1) is 11.0. The molecule has 0 heterocycles. The molecule has 0 saturated carbocycles. The lowest BCUT2D eigenvalue weighted by Gasteiger charge is -2.13. The number of aliphatic hydroxyl groups excluding tert-OH is 3. The number of allylic oxidation sites excluding steroid dienone is 1. The lowest BCUT2D eigenvalue weighted by Crippen LogP contribution is -2.23. The molecule has 0 saturated heterocycles. The number of aliphatic hydroxyl groups is 3. The van der Waals surface area contributed by atoms with Gasteiger partial charge in [0.05, 0.1) is 18.3 Å². The number of carbonyl (C=O) groups is 1. The van der Waals surface area contributed by atoms with E-state index in [0.29, 0.717) is 19.3 Å². The Hall–Kier alpha value is -1.17. The standard InChI is InChI=1S/C18H32O5/c1-2-3-7-11-16(20)17(21)14-13-15(19)10-8-5-4-6-9-12-18(22)23/h3,7,13-17,19-21H,2,4-6,8-12H2,1H3,(H,22,23)/b7-3-,14-13+/t15-,16-,17+/m0/s1. The third kappa shape index (κ3) is 14.2. The highest BCUT2D eigenvalue weighted by Gasteiger charge is 2.11. The first-order valence-electron chi connectivity index (χ1n) is 8.56. The van der Waals surface area contributed by atoms with Gasteiger partial charge in [-0.2, -0.15) is 0 Å². The summed E-state index contributed by atoms with van der Waals surface area (Å²) in [6, 6.07) is 0. The Morgan fingerprint density at radius 1 is 0.957 bits per heavy atom. The molecule has 3 atom stereocenters. The maximum atomic E-state index is 10.3. The van der Waals surface area contributed by atoms with E-state index in [0.717, 1.165) is 32.1 Å². The second-order valence-electron chi connectivity index (χ2n) is 5.83. The Morgan fingerprint density at radius 2 is 1.61 bits per heavy atom. The van der Waals surface area contributed by atoms with Crippen molar-refractivity contribution in [1.29, 1.82) is 0 Å². The number of hydrogen-bond acceptors (Lipinski definition) is 4. The van der Waals surface area contributed by atoms with Crippen molar-refractivity contribution in [3.63, 3.8) is 0 Å². The van der Waals surface area contributed by atoms with E-state index in [9.17, 15) is 20.1 Å². The van der Waals surface area contributed by atoms with Crippen LogP contribution in [0.2, 0.25) is 0 Å². The molecular formula is C18H32O5. The Bertz CT molecular complexity index is 351. The van der Waals surface area contributed by atoms with Crippen LogP contribution in [0, 0.1) is 0 Å². The highest BCUT2D eigenvalue weighted by molar-refractivity contribution is 5.66. The van der Waals surface area contributed by atoms with Crippen LogP contribution in [0.3, 0.4) is 0 Å². The van der Waals surface area contributed by atoms with Crippen LogP contribution < -0.4 is 0 Å². The molecule has 0 aromatic carbocycles. The molecule has 134 valence electrons. The van der Waals surface area contributed by atoms with Crippen LogP contribution in [0.1, 0.15) is 64.7 Å². The fraction of sp³-hybridized carbons (Fsp3) is 0.722. The van der Waals surface area contributed by atoms with Gasteiger partial charge in [-0.25, -0.2) is 0 Å². The van der Waals surface area contributed by atoms with Gasteiger partial charge in [-0.1, -0.05) is 56.9 Å². The van der Waals surface area contributed by atoms with Gasteiger partial charge in [0.15, 0.2) is 0 Å². The van der Waals surface area contributed by atoms with Gasteiger partial charge in [-0.05, 0) is 25.7 Å². The van der Waals surface area contributed by atoms with Gasteiger partial charge in [0, 0.05) is 6.42 Å². The monoisotopic (exact) mass is 328 g/mol. The number of aliphatic carboxylic acids is 1. The molecule has 0 aliphatic rings. The van der Waals surface area contributed by atoms with E-state index in [1.54, 1.807) is 0 Å². The molecule has 0 radical (unpaired) electrons. The summed E-state index contributed by atoms with van der Waals surface area (Å²) in [6.45, 7) is 2.00. The van der Waals surface area contributed by atoms with Crippen LogP contribution in [0.15, 0.2) is 24.3 Å². The van der Waals surface area contributed by atoms with Crippen LogP contribution in [-0.2, 0) is 4.79 Å². The summed E-state index contributed by atoms with van der Waals surface area (Å²) in [4.78, 5) is 10.3. The van der Waals surface area contributed by atoms with E-state index in [1.165, 1.54) is 12.2 Å². The minimum absolute atomic E-state index is 0.221. The van der Waals surface area contributed by atoms with Crippen molar-refractivity contribution in [1.82, 2.24) is 0 Å². The quantitative estimate of drug-likeness (QED) is 0.290. The Labute approximate surface area is 139 Å². The molecule has 4 N–H and O–H groups in total. The molecule has 0 aliphatic heterocycles. The Kier molecular flexibility index (Phi) is 13.7. The molecule has 0 aliphatic carbocycles. The molecule has 0 unspecified atom stereocenters. The summed E-state index contributed by atoms with van der Waals surface area (Å²) >= 11 is 0. The normalized spacial score (nSPS) is 16.0. The lowest BCUT2D eigenvalue weighted by molar-refractivity contribution is -0.137. The van der Waals surface area contributed by atoms with Crippen LogP contribution in [-0.4, -0.2) is 44.7 Å². The van der Waals surface area contributed by atoms with Gasteiger partial charge in [-0.15, -0.1) is 0 Å². The molecule has 0 fully saturated rings. The van der Waals surface area contributed by atoms with Crippen molar-refractivity contribution in [2.75, 3.05) is 0 Å². The molecular weight excluding hydrogens is 296 g/mol. The lowest BCUT2D eigenvalue weighted by atomic mass is 10.0. The summed E-state index contributed by atoms with van der Waals surface area (Å²) < 4.78 is 0. The smallest absolute Gasteiger partial charge is 0.303 e. The average molecular weight is 328 g/mol. The molecule has 0 aromatic heterocycles. The van der Waals surface area contributed by atoms with Crippen molar-refractivity contribution in [2.24, 2.45) is 0 Å². The van der Waals surface area contributed by atoms with Gasteiger partial charge < -0.3 is 20.4 Å². The summed E-state index contributed by atoms with van der Waals surface area (Å²) in [7, 11) is 0. The van der Waals surface area contributed by atoms with Crippen molar-refractivity contribution in [2.45, 2.75) is 83.0 Å². The van der Waals surface area contributed by atoms with E-state index < -0.39 is 24.3 Å². The second-order valence-corrected chi connectivity index (χ2v) is 5.83. The maximum Gasteiger partial charge on any atom is 0.303 e. The predicted molar refractivity (Wildman–Crippen MR) is 91.2 cm³/mol. The Morgan fingerprint density at radius 3 is 2.26 bits per heavy atom. The molecule has 23 heavy (non-hydrogen) atoms. The summed E-state index contributed by atoms with van der Waals surface area (Å²) in [6.07, 6.45) is 10.8. The minimum atomic E-state index is -0.970. The molecule has 0 aromatic rings. The SMILES string of the molecule is CC/C=C\C[C@H](O)[C@H](O)/C=C/[C@@H](O)CCCCCCCC(=O)O. The van der Waals surface area contributed by atoms with Crippen molar-refractivity contribution >= 4 is 5.97 Å².